The molecule has 0 aliphatic heterocycles. The number of hydrogen-bond acceptors (Lipinski definition) is 1. The lowest BCUT2D eigenvalue weighted by Crippen LogP contribution is -1.78. The van der Waals surface area contributed by atoms with Crippen LogP contribution in [0.1, 0.15) is 5.56 Å². The van der Waals surface area contributed by atoms with Crippen molar-refractivity contribution in [3.05, 3.63) is 28.8 Å². The van der Waals surface area contributed by atoms with E-state index in [9.17, 15) is 4.39 Å². The minimum Gasteiger partial charge on any atom is -0.508 e. The normalized spacial score (nSPS) is 9.80. The van der Waals surface area contributed by atoms with E-state index in [4.69, 9.17) is 16.7 Å². The van der Waals surface area contributed by atoms with Gasteiger partial charge in [-0.15, -0.1) is 0 Å². The second kappa shape index (κ2) is 2.88. The molecule has 1 aromatic carbocycles. The van der Waals surface area contributed by atoms with Gasteiger partial charge in [0.15, 0.2) is 0 Å². The Kier molecular flexibility index (Phi) is 2.12. The summed E-state index contributed by atoms with van der Waals surface area (Å²) in [5, 5.41) is 9.37. The molecule has 0 heterocycles. The molecule has 0 amide bonds. The molecule has 0 bridgehead atoms. The number of rotatable bonds is 1. The Morgan fingerprint density at radius 3 is 2.70 bits per heavy atom. The summed E-state index contributed by atoms with van der Waals surface area (Å²) >= 11 is 5.52. The Morgan fingerprint density at radius 2 is 2.20 bits per heavy atom. The summed E-state index contributed by atoms with van der Waals surface area (Å²) in [6, 6.07) is 4.28. The van der Waals surface area contributed by atoms with Gasteiger partial charge in [-0.05, 0) is 18.2 Å². The Labute approximate surface area is 63.1 Å². The number of halogens is 2. The fourth-order valence-corrected chi connectivity index (χ4v) is 0.856. The second-order valence-electron chi connectivity index (χ2n) is 1.91. The van der Waals surface area contributed by atoms with E-state index in [2.05, 4.69) is 0 Å². The standard InChI is InChI=1S/C7H6ClFO/c8-6-1-2-7(10)5(3-6)4-9/h1-3,10H,4H2. The summed E-state index contributed by atoms with van der Waals surface area (Å²) in [6.07, 6.45) is 0. The Bertz CT molecular complexity index is 237. The molecule has 3 heteroatoms. The van der Waals surface area contributed by atoms with Crippen molar-refractivity contribution in [1.82, 2.24) is 0 Å². The molecule has 0 radical (unpaired) electrons. The van der Waals surface area contributed by atoms with Gasteiger partial charge < -0.3 is 5.11 Å². The Balaban J connectivity index is 3.09. The number of aromatic hydroxyl groups is 1. The van der Waals surface area contributed by atoms with Crippen LogP contribution < -0.4 is 0 Å². The first kappa shape index (κ1) is 7.35. The van der Waals surface area contributed by atoms with Gasteiger partial charge in [-0.1, -0.05) is 11.6 Å². The summed E-state index contributed by atoms with van der Waals surface area (Å²) in [4.78, 5) is 0. The fourth-order valence-electron chi connectivity index (χ4n) is 0.661. The molecule has 0 aliphatic rings. The molecule has 0 aromatic heterocycles. The van der Waals surface area contributed by atoms with Gasteiger partial charge in [0.2, 0.25) is 0 Å². The average Bonchev–Trinajstić information content (AvgIpc) is 1.94. The third-order valence-electron chi connectivity index (χ3n) is 1.19. The lowest BCUT2D eigenvalue weighted by Gasteiger charge is -1.98. The van der Waals surface area contributed by atoms with Crippen LogP contribution >= 0.6 is 11.6 Å². The monoisotopic (exact) mass is 160 g/mol. The molecule has 1 nitrogen and oxygen atoms in total. The zero-order valence-corrected chi connectivity index (χ0v) is 5.90. The molecule has 54 valence electrons. The van der Waals surface area contributed by atoms with Crippen molar-refractivity contribution in [1.29, 1.82) is 0 Å². The van der Waals surface area contributed by atoms with Crippen molar-refractivity contribution in [2.45, 2.75) is 6.67 Å². The largest absolute Gasteiger partial charge is 0.508 e. The van der Waals surface area contributed by atoms with Gasteiger partial charge in [0, 0.05) is 10.6 Å². The molecule has 0 saturated heterocycles. The van der Waals surface area contributed by atoms with Gasteiger partial charge in [-0.3, -0.25) is 0 Å². The minimum absolute atomic E-state index is 0.0492. The van der Waals surface area contributed by atoms with E-state index in [1.54, 1.807) is 0 Å². The predicted octanol–water partition coefficient (Wildman–Crippen LogP) is 2.52. The number of phenols is 1. The smallest absolute Gasteiger partial charge is 0.121 e. The third-order valence-corrected chi connectivity index (χ3v) is 1.42. The van der Waals surface area contributed by atoms with E-state index in [-0.39, 0.29) is 11.3 Å². The van der Waals surface area contributed by atoms with E-state index in [1.165, 1.54) is 18.2 Å². The highest BCUT2D eigenvalue weighted by Crippen LogP contribution is 2.21. The van der Waals surface area contributed by atoms with Gasteiger partial charge in [0.05, 0.1) is 0 Å². The van der Waals surface area contributed by atoms with Crippen LogP contribution in [0, 0.1) is 0 Å². The van der Waals surface area contributed by atoms with Gasteiger partial charge in [0.1, 0.15) is 12.4 Å². The molecule has 1 rings (SSSR count). The maximum Gasteiger partial charge on any atom is 0.121 e. The minimum atomic E-state index is -0.688. The van der Waals surface area contributed by atoms with Crippen molar-refractivity contribution in [2.24, 2.45) is 0 Å². The zero-order chi connectivity index (χ0) is 7.56. The van der Waals surface area contributed by atoms with Gasteiger partial charge in [0.25, 0.3) is 0 Å². The first-order chi connectivity index (χ1) is 4.74. The summed E-state index contributed by atoms with van der Waals surface area (Å²) in [5.41, 5.74) is 0.229. The van der Waals surface area contributed by atoms with Crippen LogP contribution in [-0.4, -0.2) is 5.11 Å². The molecule has 1 N–H and O–H groups in total. The lowest BCUT2D eigenvalue weighted by molar-refractivity contribution is 0.433. The van der Waals surface area contributed by atoms with E-state index in [0.717, 1.165) is 0 Å². The molecule has 0 fully saturated rings. The quantitative estimate of drug-likeness (QED) is 0.669. The number of benzene rings is 1. The molecule has 0 atom stereocenters. The van der Waals surface area contributed by atoms with Crippen LogP contribution in [-0.2, 0) is 6.67 Å². The lowest BCUT2D eigenvalue weighted by atomic mass is 10.2. The van der Waals surface area contributed by atoms with Crippen molar-refractivity contribution >= 4 is 11.6 Å². The number of phenolic OH excluding ortho intramolecular Hbond substituents is 1. The average molecular weight is 161 g/mol. The molecular formula is C7H6ClFO. The third kappa shape index (κ3) is 1.39. The topological polar surface area (TPSA) is 20.2 Å². The number of alkyl halides is 1. The predicted molar refractivity (Wildman–Crippen MR) is 37.9 cm³/mol. The molecule has 10 heavy (non-hydrogen) atoms. The van der Waals surface area contributed by atoms with E-state index >= 15 is 0 Å². The number of hydrogen-bond donors (Lipinski definition) is 1. The van der Waals surface area contributed by atoms with Crippen LogP contribution in [0.15, 0.2) is 18.2 Å². The first-order valence-corrected chi connectivity index (χ1v) is 3.15. The van der Waals surface area contributed by atoms with Crippen molar-refractivity contribution in [3.8, 4) is 5.75 Å². The summed E-state index contributed by atoms with van der Waals surface area (Å²) < 4.78 is 11.9. The van der Waals surface area contributed by atoms with E-state index in [1.807, 2.05) is 0 Å². The second-order valence-corrected chi connectivity index (χ2v) is 2.34. The molecule has 0 spiro atoms. The van der Waals surface area contributed by atoms with E-state index < -0.39 is 6.67 Å². The Morgan fingerprint density at radius 1 is 1.50 bits per heavy atom. The van der Waals surface area contributed by atoms with Crippen LogP contribution in [0.4, 0.5) is 4.39 Å². The molecule has 0 unspecified atom stereocenters. The van der Waals surface area contributed by atoms with Crippen LogP contribution in [0.3, 0.4) is 0 Å². The maximum absolute atomic E-state index is 11.9. The van der Waals surface area contributed by atoms with Gasteiger partial charge in [-0.2, -0.15) is 0 Å². The van der Waals surface area contributed by atoms with Crippen molar-refractivity contribution in [2.75, 3.05) is 0 Å². The molecule has 0 saturated carbocycles. The summed E-state index contributed by atoms with van der Waals surface area (Å²) in [5.74, 6) is -0.0492. The SMILES string of the molecule is Oc1ccc(Cl)cc1CF. The highest BCUT2D eigenvalue weighted by Gasteiger charge is 1.99. The van der Waals surface area contributed by atoms with Crippen LogP contribution in [0.25, 0.3) is 0 Å². The zero-order valence-electron chi connectivity index (χ0n) is 5.14. The van der Waals surface area contributed by atoms with Gasteiger partial charge in [-0.25, -0.2) is 4.39 Å². The molecular weight excluding hydrogens is 155 g/mol. The molecule has 0 aliphatic carbocycles. The van der Waals surface area contributed by atoms with Crippen LogP contribution in [0.5, 0.6) is 5.75 Å². The highest BCUT2D eigenvalue weighted by molar-refractivity contribution is 6.30. The van der Waals surface area contributed by atoms with Crippen molar-refractivity contribution in [3.63, 3.8) is 0 Å². The van der Waals surface area contributed by atoms with Crippen molar-refractivity contribution < 1.29 is 9.50 Å². The summed E-state index contributed by atoms with van der Waals surface area (Å²) in [7, 11) is 0. The van der Waals surface area contributed by atoms with Gasteiger partial charge >= 0.3 is 0 Å². The van der Waals surface area contributed by atoms with E-state index in [0.29, 0.717) is 5.02 Å². The fraction of sp³-hybridized carbons (Fsp3) is 0.143. The maximum atomic E-state index is 11.9. The molecule has 1 aromatic rings. The first-order valence-electron chi connectivity index (χ1n) is 2.77. The summed E-state index contributed by atoms with van der Waals surface area (Å²) in [6.45, 7) is -0.688. The van der Waals surface area contributed by atoms with Crippen LogP contribution in [0.2, 0.25) is 5.02 Å². The Hall–Kier alpha value is -0.760. The highest BCUT2D eigenvalue weighted by atomic mass is 35.5.